The van der Waals surface area contributed by atoms with Crippen LogP contribution in [-0.2, 0) is 0 Å². The van der Waals surface area contributed by atoms with E-state index in [1.54, 1.807) is 12.1 Å². The molecule has 0 saturated carbocycles. The van der Waals surface area contributed by atoms with Crippen molar-refractivity contribution in [1.29, 1.82) is 0 Å². The number of fused-ring (bicyclic) bond motifs is 1. The maximum absolute atomic E-state index is 9.34. The Balaban J connectivity index is 2.96. The van der Waals surface area contributed by atoms with Crippen LogP contribution in [-0.4, -0.2) is 10.1 Å². The molecule has 0 unspecified atom stereocenters. The molecule has 12 heavy (non-hydrogen) atoms. The third-order valence-corrected chi connectivity index (χ3v) is 2.52. The van der Waals surface area contributed by atoms with Gasteiger partial charge in [0.15, 0.2) is 0 Å². The summed E-state index contributed by atoms with van der Waals surface area (Å²) in [4.78, 5) is 2.86. The second kappa shape index (κ2) is 2.57. The molecule has 2 N–H and O–H groups in total. The predicted octanol–water partition coefficient (Wildman–Crippen LogP) is 3.18. The highest BCUT2D eigenvalue weighted by molar-refractivity contribution is 6.45. The molecule has 4 heteroatoms. The van der Waals surface area contributed by atoms with Crippen LogP contribution in [0.15, 0.2) is 18.3 Å². The largest absolute Gasteiger partial charge is 0.506 e. The van der Waals surface area contributed by atoms with Gasteiger partial charge in [0.25, 0.3) is 0 Å². The summed E-state index contributed by atoms with van der Waals surface area (Å²) < 4.78 is 0. The number of aromatic nitrogens is 1. The first-order chi connectivity index (χ1) is 5.70. The number of hydrogen-bond acceptors (Lipinski definition) is 1. The third kappa shape index (κ3) is 0.958. The van der Waals surface area contributed by atoms with E-state index in [4.69, 9.17) is 23.2 Å². The molecule has 62 valence electrons. The molecule has 2 aromatic rings. The first-order valence-electron chi connectivity index (χ1n) is 3.34. The van der Waals surface area contributed by atoms with Crippen molar-refractivity contribution < 1.29 is 5.11 Å². The summed E-state index contributed by atoms with van der Waals surface area (Å²) in [6.07, 6.45) is 1.48. The molecule has 0 aliphatic carbocycles. The highest BCUT2D eigenvalue weighted by Gasteiger charge is 2.08. The van der Waals surface area contributed by atoms with Crippen molar-refractivity contribution in [2.24, 2.45) is 0 Å². The zero-order chi connectivity index (χ0) is 8.72. The number of nitrogens with one attached hydrogen (secondary N) is 1. The Hall–Kier alpha value is -0.860. The second-order valence-electron chi connectivity index (χ2n) is 2.46. The van der Waals surface area contributed by atoms with Gasteiger partial charge >= 0.3 is 0 Å². The van der Waals surface area contributed by atoms with Gasteiger partial charge in [-0.1, -0.05) is 23.2 Å². The van der Waals surface area contributed by atoms with Crippen LogP contribution in [0, 0.1) is 0 Å². The monoisotopic (exact) mass is 201 g/mol. The van der Waals surface area contributed by atoms with E-state index < -0.39 is 0 Å². The van der Waals surface area contributed by atoms with Crippen LogP contribution < -0.4 is 0 Å². The second-order valence-corrected chi connectivity index (χ2v) is 3.24. The Morgan fingerprint density at radius 1 is 1.25 bits per heavy atom. The smallest absolute Gasteiger partial charge is 0.142 e. The van der Waals surface area contributed by atoms with Gasteiger partial charge in [-0.3, -0.25) is 0 Å². The number of hydrogen-bond donors (Lipinski definition) is 2. The molecule has 1 aromatic carbocycles. The minimum atomic E-state index is 0.123. The molecule has 0 amide bonds. The standard InChI is InChI=1S/C8H5Cl2NO/c9-4-1-2-5-7(8(4)10)6(12)3-11-5/h1-3,11-12H. The number of H-pyrrole nitrogens is 1. The van der Waals surface area contributed by atoms with Crippen LogP contribution in [0.3, 0.4) is 0 Å². The summed E-state index contributed by atoms with van der Waals surface area (Å²) in [7, 11) is 0. The zero-order valence-corrected chi connectivity index (χ0v) is 7.45. The van der Waals surface area contributed by atoms with E-state index in [-0.39, 0.29) is 5.75 Å². The minimum absolute atomic E-state index is 0.123. The van der Waals surface area contributed by atoms with E-state index in [0.29, 0.717) is 15.4 Å². The molecule has 0 atom stereocenters. The quantitative estimate of drug-likeness (QED) is 0.676. The Labute approximate surface area is 78.7 Å². The van der Waals surface area contributed by atoms with E-state index in [9.17, 15) is 5.11 Å². The molecule has 2 nitrogen and oxygen atoms in total. The third-order valence-electron chi connectivity index (χ3n) is 1.72. The van der Waals surface area contributed by atoms with Crippen LogP contribution >= 0.6 is 23.2 Å². The Bertz CT molecular complexity index is 436. The topological polar surface area (TPSA) is 36.0 Å². The van der Waals surface area contributed by atoms with Gasteiger partial charge in [0.1, 0.15) is 5.75 Å². The van der Waals surface area contributed by atoms with Crippen molar-refractivity contribution in [2.45, 2.75) is 0 Å². The molecule has 2 rings (SSSR count). The van der Waals surface area contributed by atoms with Crippen molar-refractivity contribution in [3.05, 3.63) is 28.4 Å². The zero-order valence-electron chi connectivity index (χ0n) is 5.94. The maximum atomic E-state index is 9.34. The van der Waals surface area contributed by atoms with E-state index >= 15 is 0 Å². The fourth-order valence-electron chi connectivity index (χ4n) is 1.14. The van der Waals surface area contributed by atoms with Crippen molar-refractivity contribution >= 4 is 34.1 Å². The lowest BCUT2D eigenvalue weighted by molar-refractivity contribution is 0.481. The highest BCUT2D eigenvalue weighted by atomic mass is 35.5. The van der Waals surface area contributed by atoms with Gasteiger partial charge in [0.2, 0.25) is 0 Å². The molecule has 1 aromatic heterocycles. The van der Waals surface area contributed by atoms with Crippen LogP contribution in [0.5, 0.6) is 5.75 Å². The average Bonchev–Trinajstić information content (AvgIpc) is 2.41. The van der Waals surface area contributed by atoms with E-state index in [0.717, 1.165) is 5.52 Å². The molecule has 0 aliphatic heterocycles. The van der Waals surface area contributed by atoms with Gasteiger partial charge in [-0.15, -0.1) is 0 Å². The molecular weight excluding hydrogens is 197 g/mol. The molecule has 1 heterocycles. The number of aromatic amines is 1. The van der Waals surface area contributed by atoms with Crippen LogP contribution in [0.2, 0.25) is 10.0 Å². The SMILES string of the molecule is Oc1c[nH]c2ccc(Cl)c(Cl)c12. The Morgan fingerprint density at radius 2 is 2.00 bits per heavy atom. The highest BCUT2D eigenvalue weighted by Crippen LogP contribution is 2.35. The Morgan fingerprint density at radius 3 is 2.75 bits per heavy atom. The Kier molecular flexibility index (Phi) is 1.67. The molecule has 0 bridgehead atoms. The van der Waals surface area contributed by atoms with Gasteiger partial charge in [-0.2, -0.15) is 0 Å². The average molecular weight is 202 g/mol. The van der Waals surface area contributed by atoms with Gasteiger partial charge in [0, 0.05) is 6.20 Å². The van der Waals surface area contributed by atoms with Crippen LogP contribution in [0.25, 0.3) is 10.9 Å². The maximum Gasteiger partial charge on any atom is 0.142 e. The van der Waals surface area contributed by atoms with Gasteiger partial charge in [-0.25, -0.2) is 0 Å². The van der Waals surface area contributed by atoms with Crippen molar-refractivity contribution in [3.8, 4) is 5.75 Å². The molecular formula is C8H5Cl2NO. The van der Waals surface area contributed by atoms with E-state index in [1.165, 1.54) is 6.20 Å². The van der Waals surface area contributed by atoms with Crippen molar-refractivity contribution in [1.82, 2.24) is 4.98 Å². The summed E-state index contributed by atoms with van der Waals surface area (Å²) >= 11 is 11.6. The number of benzene rings is 1. The molecule has 0 radical (unpaired) electrons. The first kappa shape index (κ1) is 7.77. The molecule has 0 saturated heterocycles. The number of rotatable bonds is 0. The molecule has 0 aliphatic rings. The summed E-state index contributed by atoms with van der Waals surface area (Å²) in [6.45, 7) is 0. The number of halogens is 2. The fraction of sp³-hybridized carbons (Fsp3) is 0. The first-order valence-corrected chi connectivity index (χ1v) is 4.10. The molecule has 0 fully saturated rings. The van der Waals surface area contributed by atoms with Crippen LogP contribution in [0.4, 0.5) is 0 Å². The lowest BCUT2D eigenvalue weighted by Crippen LogP contribution is -1.71. The fourth-order valence-corrected chi connectivity index (χ4v) is 1.56. The lowest BCUT2D eigenvalue weighted by atomic mass is 10.2. The summed E-state index contributed by atoms with van der Waals surface area (Å²) in [5.41, 5.74) is 0.780. The normalized spacial score (nSPS) is 10.8. The van der Waals surface area contributed by atoms with Gasteiger partial charge < -0.3 is 10.1 Å². The summed E-state index contributed by atoms with van der Waals surface area (Å²) in [5, 5.41) is 10.7. The van der Waals surface area contributed by atoms with Crippen LogP contribution in [0.1, 0.15) is 0 Å². The summed E-state index contributed by atoms with van der Waals surface area (Å²) in [6, 6.07) is 3.45. The minimum Gasteiger partial charge on any atom is -0.506 e. The van der Waals surface area contributed by atoms with Gasteiger partial charge in [0.05, 0.1) is 20.9 Å². The lowest BCUT2D eigenvalue weighted by Gasteiger charge is -1.96. The van der Waals surface area contributed by atoms with Crippen molar-refractivity contribution in [2.75, 3.05) is 0 Å². The summed E-state index contributed by atoms with van der Waals surface area (Å²) in [5.74, 6) is 0.123. The van der Waals surface area contributed by atoms with Crippen molar-refractivity contribution in [3.63, 3.8) is 0 Å². The van der Waals surface area contributed by atoms with E-state index in [2.05, 4.69) is 4.98 Å². The number of aromatic hydroxyl groups is 1. The predicted molar refractivity (Wildman–Crippen MR) is 50.0 cm³/mol. The van der Waals surface area contributed by atoms with E-state index in [1.807, 2.05) is 0 Å². The van der Waals surface area contributed by atoms with Gasteiger partial charge in [-0.05, 0) is 12.1 Å². The molecule has 0 spiro atoms.